The molecule has 1 aromatic carbocycles. The Morgan fingerprint density at radius 3 is 2.61 bits per heavy atom. The number of thioether (sulfide) groups is 1. The molecule has 100 valence electrons. The van der Waals surface area contributed by atoms with E-state index in [0.29, 0.717) is 0 Å². The molecule has 0 saturated carbocycles. The summed E-state index contributed by atoms with van der Waals surface area (Å²) in [6.07, 6.45) is 0. The number of anilines is 1. The minimum atomic E-state index is -4.34. The van der Waals surface area contributed by atoms with Crippen LogP contribution in [0.25, 0.3) is 0 Å². The first-order chi connectivity index (χ1) is 8.29. The molecule has 1 rings (SSSR count). The van der Waals surface area contributed by atoms with Crippen LogP contribution in [-0.2, 0) is 0 Å². The van der Waals surface area contributed by atoms with E-state index in [9.17, 15) is 22.4 Å². The van der Waals surface area contributed by atoms with Crippen LogP contribution in [-0.4, -0.2) is 23.7 Å². The van der Waals surface area contributed by atoms with E-state index < -0.39 is 17.2 Å². The molecule has 1 amide bonds. The van der Waals surface area contributed by atoms with Crippen LogP contribution in [0.3, 0.4) is 0 Å². The monoisotopic (exact) mass is 282 g/mol. The van der Waals surface area contributed by atoms with Gasteiger partial charge in [-0.05, 0) is 30.0 Å². The zero-order valence-corrected chi connectivity index (χ0v) is 9.87. The molecule has 0 saturated heterocycles. The average molecular weight is 282 g/mol. The predicted molar refractivity (Wildman–Crippen MR) is 61.7 cm³/mol. The van der Waals surface area contributed by atoms with E-state index in [1.165, 1.54) is 12.1 Å². The van der Waals surface area contributed by atoms with Gasteiger partial charge in [-0.2, -0.15) is 13.2 Å². The van der Waals surface area contributed by atoms with Crippen LogP contribution in [0.5, 0.6) is 0 Å². The van der Waals surface area contributed by atoms with E-state index in [0.717, 1.165) is 6.07 Å². The second-order valence-electron chi connectivity index (χ2n) is 3.29. The summed E-state index contributed by atoms with van der Waals surface area (Å²) in [5.74, 6) is -1.91. The van der Waals surface area contributed by atoms with Crippen molar-refractivity contribution in [1.82, 2.24) is 5.32 Å². The van der Waals surface area contributed by atoms with Gasteiger partial charge in [0.1, 0.15) is 5.82 Å². The molecule has 8 heteroatoms. The quantitative estimate of drug-likeness (QED) is 0.506. The Morgan fingerprint density at radius 2 is 2.06 bits per heavy atom. The summed E-state index contributed by atoms with van der Waals surface area (Å²) in [5.41, 5.74) is 0.876. The number of hydrogen-bond donors (Lipinski definition) is 2. The highest BCUT2D eigenvalue weighted by Crippen LogP contribution is 2.29. The number of hydrogen-bond acceptors (Lipinski definition) is 3. The molecule has 0 aromatic heterocycles. The van der Waals surface area contributed by atoms with Gasteiger partial charge in [0.15, 0.2) is 0 Å². The van der Waals surface area contributed by atoms with Crippen LogP contribution in [0, 0.1) is 5.82 Å². The van der Waals surface area contributed by atoms with Crippen LogP contribution in [0.1, 0.15) is 10.4 Å². The van der Waals surface area contributed by atoms with E-state index in [2.05, 4.69) is 5.32 Å². The fourth-order valence-electron chi connectivity index (χ4n) is 1.14. The van der Waals surface area contributed by atoms with E-state index >= 15 is 0 Å². The fraction of sp³-hybridized carbons (Fsp3) is 0.300. The number of nitrogen functional groups attached to an aromatic ring is 1. The van der Waals surface area contributed by atoms with Gasteiger partial charge in [-0.15, -0.1) is 0 Å². The molecule has 0 fully saturated rings. The minimum Gasteiger partial charge on any atom is -0.399 e. The first-order valence-corrected chi connectivity index (χ1v) is 5.82. The van der Waals surface area contributed by atoms with Crippen LogP contribution in [0.4, 0.5) is 23.2 Å². The molecule has 3 N–H and O–H groups in total. The Labute approximate surface area is 105 Å². The van der Waals surface area contributed by atoms with Crippen molar-refractivity contribution in [2.24, 2.45) is 0 Å². The van der Waals surface area contributed by atoms with Gasteiger partial charge in [-0.3, -0.25) is 4.79 Å². The van der Waals surface area contributed by atoms with Gasteiger partial charge in [0.2, 0.25) is 0 Å². The van der Waals surface area contributed by atoms with Gasteiger partial charge in [-0.1, -0.05) is 0 Å². The molecular formula is C10H10F4N2OS. The molecule has 0 radical (unpaired) electrons. The maximum absolute atomic E-state index is 13.3. The Balaban J connectivity index is 2.46. The SMILES string of the molecule is Nc1ccc(C(=O)NCCSC(F)(F)F)c(F)c1. The molecule has 18 heavy (non-hydrogen) atoms. The van der Waals surface area contributed by atoms with Crippen molar-refractivity contribution in [2.45, 2.75) is 5.51 Å². The minimum absolute atomic E-state index is 0.164. The van der Waals surface area contributed by atoms with E-state index in [4.69, 9.17) is 5.73 Å². The Kier molecular flexibility index (Phi) is 4.83. The number of nitrogens with two attached hydrogens (primary N) is 1. The summed E-state index contributed by atoms with van der Waals surface area (Å²) >= 11 is -0.251. The molecule has 0 spiro atoms. The third-order valence-electron chi connectivity index (χ3n) is 1.89. The van der Waals surface area contributed by atoms with E-state index in [1.54, 1.807) is 0 Å². The highest BCUT2D eigenvalue weighted by molar-refractivity contribution is 8.00. The molecular weight excluding hydrogens is 272 g/mol. The lowest BCUT2D eigenvalue weighted by Crippen LogP contribution is -2.27. The predicted octanol–water partition coefficient (Wildman–Crippen LogP) is 2.39. The molecule has 0 aliphatic carbocycles. The summed E-state index contributed by atoms with van der Waals surface area (Å²) in [7, 11) is 0. The van der Waals surface area contributed by atoms with Crippen molar-refractivity contribution in [1.29, 1.82) is 0 Å². The maximum Gasteiger partial charge on any atom is 0.441 e. The van der Waals surface area contributed by atoms with Crippen LogP contribution in [0.2, 0.25) is 0 Å². The number of halogens is 4. The highest BCUT2D eigenvalue weighted by Gasteiger charge is 2.27. The van der Waals surface area contributed by atoms with Gasteiger partial charge in [-0.25, -0.2) is 4.39 Å². The van der Waals surface area contributed by atoms with E-state index in [-0.39, 0.29) is 35.3 Å². The van der Waals surface area contributed by atoms with Crippen molar-refractivity contribution in [3.63, 3.8) is 0 Å². The largest absolute Gasteiger partial charge is 0.441 e. The third-order valence-corrected chi connectivity index (χ3v) is 2.63. The number of benzene rings is 1. The number of carbonyl (C=O) groups excluding carboxylic acids is 1. The topological polar surface area (TPSA) is 55.1 Å². The summed E-state index contributed by atoms with van der Waals surface area (Å²) in [6.45, 7) is -0.202. The number of carbonyl (C=O) groups is 1. The number of alkyl halides is 3. The zero-order chi connectivity index (χ0) is 13.8. The molecule has 0 aliphatic heterocycles. The molecule has 0 bridgehead atoms. The Bertz CT molecular complexity index is 436. The lowest BCUT2D eigenvalue weighted by Gasteiger charge is -2.08. The fourth-order valence-corrected chi connectivity index (χ4v) is 1.58. The van der Waals surface area contributed by atoms with Gasteiger partial charge >= 0.3 is 5.51 Å². The average Bonchev–Trinajstić information content (AvgIpc) is 2.22. The van der Waals surface area contributed by atoms with Crippen LogP contribution >= 0.6 is 11.8 Å². The van der Waals surface area contributed by atoms with Crippen LogP contribution < -0.4 is 11.1 Å². The molecule has 0 heterocycles. The smallest absolute Gasteiger partial charge is 0.399 e. The number of nitrogens with one attached hydrogen (secondary N) is 1. The van der Waals surface area contributed by atoms with Gasteiger partial charge in [0.25, 0.3) is 5.91 Å². The first kappa shape index (κ1) is 14.6. The van der Waals surface area contributed by atoms with Gasteiger partial charge < -0.3 is 11.1 Å². The second kappa shape index (κ2) is 5.94. The summed E-state index contributed by atoms with van der Waals surface area (Å²) in [6, 6.07) is 3.48. The van der Waals surface area contributed by atoms with Gasteiger partial charge in [0.05, 0.1) is 5.56 Å². The molecule has 3 nitrogen and oxygen atoms in total. The normalized spacial score (nSPS) is 11.3. The number of amides is 1. The summed E-state index contributed by atoms with van der Waals surface area (Å²) in [4.78, 5) is 11.4. The first-order valence-electron chi connectivity index (χ1n) is 4.83. The van der Waals surface area contributed by atoms with E-state index in [1.807, 2.05) is 0 Å². The maximum atomic E-state index is 13.3. The lowest BCUT2D eigenvalue weighted by molar-refractivity contribution is -0.0327. The standard InChI is InChI=1S/C10H10F4N2OS/c11-8-5-6(15)1-2-7(8)9(17)16-3-4-18-10(12,13)14/h1-2,5H,3-4,15H2,(H,16,17). The Morgan fingerprint density at radius 1 is 1.39 bits per heavy atom. The summed E-state index contributed by atoms with van der Waals surface area (Å²) in [5, 5.41) is 2.19. The third kappa shape index (κ3) is 4.82. The Hall–Kier alpha value is -1.44. The van der Waals surface area contributed by atoms with Crippen molar-refractivity contribution < 1.29 is 22.4 Å². The molecule has 0 aliphatic rings. The molecule has 1 aromatic rings. The van der Waals surface area contributed by atoms with Crippen molar-refractivity contribution in [3.05, 3.63) is 29.6 Å². The van der Waals surface area contributed by atoms with Crippen molar-refractivity contribution in [3.8, 4) is 0 Å². The summed E-state index contributed by atoms with van der Waals surface area (Å²) < 4.78 is 48.6. The zero-order valence-electron chi connectivity index (χ0n) is 9.05. The van der Waals surface area contributed by atoms with Crippen molar-refractivity contribution >= 4 is 23.4 Å². The molecule has 0 atom stereocenters. The highest BCUT2D eigenvalue weighted by atomic mass is 32.2. The number of rotatable bonds is 4. The van der Waals surface area contributed by atoms with Crippen molar-refractivity contribution in [2.75, 3.05) is 18.0 Å². The van der Waals surface area contributed by atoms with Gasteiger partial charge in [0, 0.05) is 18.0 Å². The molecule has 0 unspecified atom stereocenters. The lowest BCUT2D eigenvalue weighted by atomic mass is 10.2. The second-order valence-corrected chi connectivity index (χ2v) is 4.45. The van der Waals surface area contributed by atoms with Crippen LogP contribution in [0.15, 0.2) is 18.2 Å².